The van der Waals surface area contributed by atoms with Crippen molar-refractivity contribution >= 4 is 46.4 Å². The van der Waals surface area contributed by atoms with Crippen LogP contribution in [0.5, 0.6) is 0 Å². The summed E-state index contributed by atoms with van der Waals surface area (Å²) in [5, 5.41) is 3.60. The van der Waals surface area contributed by atoms with E-state index in [2.05, 4.69) is 5.32 Å². The second-order valence-corrected chi connectivity index (χ2v) is 6.76. The second-order valence-electron chi connectivity index (χ2n) is 5.89. The molecule has 6 heteroatoms. The lowest BCUT2D eigenvalue weighted by Gasteiger charge is -2.17. The maximum Gasteiger partial charge on any atom is 0.258 e. The van der Waals surface area contributed by atoms with E-state index in [9.17, 15) is 9.59 Å². The van der Waals surface area contributed by atoms with E-state index in [1.807, 2.05) is 30.3 Å². The highest BCUT2D eigenvalue weighted by atomic mass is 35.5. The van der Waals surface area contributed by atoms with Crippen molar-refractivity contribution in [2.24, 2.45) is 0 Å². The number of hydrogen-bond donors (Lipinski definition) is 1. The van der Waals surface area contributed by atoms with Gasteiger partial charge in [-0.15, -0.1) is 0 Å². The molecule has 3 aromatic carbocycles. The minimum Gasteiger partial charge on any atom is -0.322 e. The van der Waals surface area contributed by atoms with Gasteiger partial charge in [0.05, 0.1) is 0 Å². The van der Waals surface area contributed by atoms with Crippen LogP contribution in [0.1, 0.15) is 20.7 Å². The van der Waals surface area contributed by atoms with E-state index in [4.69, 9.17) is 23.2 Å². The average molecular weight is 399 g/mol. The van der Waals surface area contributed by atoms with Crippen LogP contribution < -0.4 is 10.2 Å². The van der Waals surface area contributed by atoms with Crippen LogP contribution in [0.4, 0.5) is 11.4 Å². The van der Waals surface area contributed by atoms with Gasteiger partial charge in [0, 0.05) is 39.6 Å². The molecule has 136 valence electrons. The molecule has 2 amide bonds. The zero-order valence-corrected chi connectivity index (χ0v) is 16.0. The zero-order chi connectivity index (χ0) is 19.4. The van der Waals surface area contributed by atoms with Crippen molar-refractivity contribution in [1.82, 2.24) is 0 Å². The molecule has 0 saturated carbocycles. The number of hydrogen-bond acceptors (Lipinski definition) is 2. The van der Waals surface area contributed by atoms with Crippen LogP contribution in [0.25, 0.3) is 0 Å². The predicted molar refractivity (Wildman–Crippen MR) is 110 cm³/mol. The first-order valence-corrected chi connectivity index (χ1v) is 8.90. The summed E-state index contributed by atoms with van der Waals surface area (Å²) < 4.78 is 0. The first-order chi connectivity index (χ1) is 12.9. The van der Waals surface area contributed by atoms with Crippen LogP contribution in [0.2, 0.25) is 10.0 Å². The molecule has 0 heterocycles. The van der Waals surface area contributed by atoms with Gasteiger partial charge in [-0.05, 0) is 54.6 Å². The maximum absolute atomic E-state index is 12.6. The standard InChI is InChI=1S/C21H16Cl2N2O2/c1-25(19-5-3-2-4-6-19)21(27)15-9-7-14(8-10-15)20(26)24-18-12-16(22)11-17(23)13-18/h2-13H,1H3,(H,24,26). The molecule has 1 N–H and O–H groups in total. The molecule has 0 radical (unpaired) electrons. The maximum atomic E-state index is 12.6. The number of anilines is 2. The molecule has 0 fully saturated rings. The lowest BCUT2D eigenvalue weighted by Crippen LogP contribution is -2.26. The summed E-state index contributed by atoms with van der Waals surface area (Å²) in [6.07, 6.45) is 0. The molecule has 0 atom stereocenters. The molecule has 0 saturated heterocycles. The predicted octanol–water partition coefficient (Wildman–Crippen LogP) is 5.52. The van der Waals surface area contributed by atoms with E-state index in [0.29, 0.717) is 26.9 Å². The van der Waals surface area contributed by atoms with Gasteiger partial charge < -0.3 is 10.2 Å². The van der Waals surface area contributed by atoms with Crippen LogP contribution in [0, 0.1) is 0 Å². The third-order valence-corrected chi connectivity index (χ3v) is 4.40. The molecule has 4 nitrogen and oxygen atoms in total. The Morgan fingerprint density at radius 3 is 1.96 bits per heavy atom. The van der Waals surface area contributed by atoms with Gasteiger partial charge in [0.25, 0.3) is 11.8 Å². The summed E-state index contributed by atoms with van der Waals surface area (Å²) in [7, 11) is 1.71. The van der Waals surface area contributed by atoms with Crippen molar-refractivity contribution in [2.45, 2.75) is 0 Å². The van der Waals surface area contributed by atoms with E-state index in [0.717, 1.165) is 5.69 Å². The fraction of sp³-hybridized carbons (Fsp3) is 0.0476. The number of carbonyl (C=O) groups excluding carboxylic acids is 2. The Morgan fingerprint density at radius 2 is 1.37 bits per heavy atom. The van der Waals surface area contributed by atoms with Gasteiger partial charge in [-0.3, -0.25) is 9.59 Å². The van der Waals surface area contributed by atoms with Gasteiger partial charge in [0.15, 0.2) is 0 Å². The quantitative estimate of drug-likeness (QED) is 0.628. The van der Waals surface area contributed by atoms with Crippen molar-refractivity contribution in [3.05, 3.63) is 94.0 Å². The fourth-order valence-electron chi connectivity index (χ4n) is 2.56. The molecule has 0 aromatic heterocycles. The number of carbonyl (C=O) groups is 2. The number of rotatable bonds is 4. The SMILES string of the molecule is CN(C(=O)c1ccc(C(=O)Nc2cc(Cl)cc(Cl)c2)cc1)c1ccccc1. The monoisotopic (exact) mass is 398 g/mol. The minimum atomic E-state index is -0.316. The first-order valence-electron chi connectivity index (χ1n) is 8.14. The van der Waals surface area contributed by atoms with Crippen molar-refractivity contribution in [1.29, 1.82) is 0 Å². The smallest absolute Gasteiger partial charge is 0.258 e. The Morgan fingerprint density at radius 1 is 0.815 bits per heavy atom. The highest BCUT2D eigenvalue weighted by Crippen LogP contribution is 2.23. The molecular formula is C21H16Cl2N2O2. The van der Waals surface area contributed by atoms with Gasteiger partial charge in [-0.25, -0.2) is 0 Å². The topological polar surface area (TPSA) is 49.4 Å². The summed E-state index contributed by atoms with van der Waals surface area (Å²) in [6.45, 7) is 0. The Kier molecular flexibility index (Phi) is 5.79. The molecule has 0 bridgehead atoms. The van der Waals surface area contributed by atoms with Crippen LogP contribution in [-0.2, 0) is 0 Å². The highest BCUT2D eigenvalue weighted by molar-refractivity contribution is 6.35. The fourth-order valence-corrected chi connectivity index (χ4v) is 3.08. The lowest BCUT2D eigenvalue weighted by atomic mass is 10.1. The van der Waals surface area contributed by atoms with Gasteiger partial charge in [-0.1, -0.05) is 41.4 Å². The number of amides is 2. The van der Waals surface area contributed by atoms with Crippen LogP contribution >= 0.6 is 23.2 Å². The van der Waals surface area contributed by atoms with E-state index in [1.165, 1.54) is 0 Å². The van der Waals surface area contributed by atoms with Crippen molar-refractivity contribution in [3.63, 3.8) is 0 Å². The molecule has 0 spiro atoms. The van der Waals surface area contributed by atoms with Crippen molar-refractivity contribution in [3.8, 4) is 0 Å². The Hall–Kier alpha value is -2.82. The molecule has 27 heavy (non-hydrogen) atoms. The van der Waals surface area contributed by atoms with E-state index < -0.39 is 0 Å². The number of nitrogens with zero attached hydrogens (tertiary/aromatic N) is 1. The van der Waals surface area contributed by atoms with E-state index in [-0.39, 0.29) is 11.8 Å². The Balaban J connectivity index is 1.72. The normalized spacial score (nSPS) is 10.3. The largest absolute Gasteiger partial charge is 0.322 e. The zero-order valence-electron chi connectivity index (χ0n) is 14.4. The minimum absolute atomic E-state index is 0.158. The number of nitrogens with one attached hydrogen (secondary N) is 1. The van der Waals surface area contributed by atoms with Crippen LogP contribution in [0.15, 0.2) is 72.8 Å². The van der Waals surface area contributed by atoms with Crippen molar-refractivity contribution in [2.75, 3.05) is 17.3 Å². The third kappa shape index (κ3) is 4.67. The highest BCUT2D eigenvalue weighted by Gasteiger charge is 2.14. The van der Waals surface area contributed by atoms with Crippen molar-refractivity contribution < 1.29 is 9.59 Å². The van der Waals surface area contributed by atoms with Gasteiger partial charge in [0.2, 0.25) is 0 Å². The average Bonchev–Trinajstić information content (AvgIpc) is 2.67. The summed E-state index contributed by atoms with van der Waals surface area (Å²) in [6, 6.07) is 20.6. The van der Waals surface area contributed by atoms with Crippen LogP contribution in [0.3, 0.4) is 0 Å². The second kappa shape index (κ2) is 8.25. The first kappa shape index (κ1) is 19.0. The number of benzene rings is 3. The molecule has 0 unspecified atom stereocenters. The molecule has 0 aliphatic heterocycles. The molecule has 3 aromatic rings. The molecular weight excluding hydrogens is 383 g/mol. The molecule has 0 aliphatic carbocycles. The summed E-state index contributed by atoms with van der Waals surface area (Å²) >= 11 is 11.9. The van der Waals surface area contributed by atoms with Gasteiger partial charge in [-0.2, -0.15) is 0 Å². The molecule has 0 aliphatic rings. The molecule has 3 rings (SSSR count). The summed E-state index contributed by atoms with van der Waals surface area (Å²) in [5.41, 5.74) is 2.21. The van der Waals surface area contributed by atoms with E-state index in [1.54, 1.807) is 54.4 Å². The summed E-state index contributed by atoms with van der Waals surface area (Å²) in [5.74, 6) is -0.474. The van der Waals surface area contributed by atoms with E-state index >= 15 is 0 Å². The third-order valence-electron chi connectivity index (χ3n) is 3.96. The number of para-hydroxylation sites is 1. The Bertz CT molecular complexity index is 953. The summed E-state index contributed by atoms with van der Waals surface area (Å²) in [4.78, 5) is 26.5. The Labute approximate surface area is 167 Å². The lowest BCUT2D eigenvalue weighted by molar-refractivity contribution is 0.0989. The van der Waals surface area contributed by atoms with Gasteiger partial charge in [0.1, 0.15) is 0 Å². The number of halogens is 2. The van der Waals surface area contributed by atoms with Crippen LogP contribution in [-0.4, -0.2) is 18.9 Å². The van der Waals surface area contributed by atoms with Gasteiger partial charge >= 0.3 is 0 Å².